The number of anilines is 2. The summed E-state index contributed by atoms with van der Waals surface area (Å²) in [4.78, 5) is 17.1. The fourth-order valence-electron chi connectivity index (χ4n) is 3.49. The summed E-state index contributed by atoms with van der Waals surface area (Å²) in [6.07, 6.45) is 0. The van der Waals surface area contributed by atoms with Crippen molar-refractivity contribution in [2.75, 3.05) is 36.4 Å². The molecule has 3 rings (SSSR count). The number of aryl methyl sites for hydroxylation is 2. The highest BCUT2D eigenvalue weighted by Gasteiger charge is 2.26. The Bertz CT molecular complexity index is 762. The Morgan fingerprint density at radius 1 is 1.00 bits per heavy atom. The number of para-hydroxylation sites is 3. The normalized spacial score (nSPS) is 16.3. The summed E-state index contributed by atoms with van der Waals surface area (Å²) in [6.45, 7) is 9.14. The molecule has 0 spiro atoms. The monoisotopic (exact) mass is 353 g/mol. The number of piperazine rings is 1. The van der Waals surface area contributed by atoms with Gasteiger partial charge in [-0.05, 0) is 44.0 Å². The smallest absolute Gasteiger partial charge is 0.241 e. The van der Waals surface area contributed by atoms with Gasteiger partial charge in [0.05, 0.1) is 11.7 Å². The van der Waals surface area contributed by atoms with Crippen LogP contribution in [0.5, 0.6) is 5.75 Å². The molecule has 0 radical (unpaired) electrons. The Morgan fingerprint density at radius 2 is 1.62 bits per heavy atom. The summed E-state index contributed by atoms with van der Waals surface area (Å²) >= 11 is 0. The van der Waals surface area contributed by atoms with Crippen LogP contribution in [0.1, 0.15) is 18.1 Å². The lowest BCUT2D eigenvalue weighted by atomic mass is 10.1. The molecular formula is C21H27N3O2. The Morgan fingerprint density at radius 3 is 2.23 bits per heavy atom. The van der Waals surface area contributed by atoms with Crippen LogP contribution in [0.3, 0.4) is 0 Å². The summed E-state index contributed by atoms with van der Waals surface area (Å²) in [5.41, 5.74) is 3.93. The number of rotatable bonds is 4. The number of phenolic OH excluding ortho intramolecular Hbond substituents is 1. The van der Waals surface area contributed by atoms with Crippen molar-refractivity contribution < 1.29 is 9.90 Å². The average molecular weight is 353 g/mol. The summed E-state index contributed by atoms with van der Waals surface area (Å²) in [5.74, 6) is 0.333. The van der Waals surface area contributed by atoms with E-state index in [1.807, 2.05) is 57.2 Å². The highest BCUT2D eigenvalue weighted by molar-refractivity contribution is 5.95. The van der Waals surface area contributed by atoms with Crippen molar-refractivity contribution in [3.05, 3.63) is 53.6 Å². The number of hydrogen-bond donors (Lipinski definition) is 2. The van der Waals surface area contributed by atoms with E-state index >= 15 is 0 Å². The molecule has 5 nitrogen and oxygen atoms in total. The van der Waals surface area contributed by atoms with Gasteiger partial charge in [0.2, 0.25) is 5.91 Å². The van der Waals surface area contributed by atoms with Crippen LogP contribution in [0.4, 0.5) is 11.4 Å². The summed E-state index contributed by atoms with van der Waals surface area (Å²) < 4.78 is 0. The lowest BCUT2D eigenvalue weighted by molar-refractivity contribution is -0.120. The molecule has 2 N–H and O–H groups in total. The third kappa shape index (κ3) is 3.83. The average Bonchev–Trinajstić information content (AvgIpc) is 2.65. The number of aromatic hydroxyl groups is 1. The van der Waals surface area contributed by atoms with Gasteiger partial charge in [-0.25, -0.2) is 0 Å². The first-order valence-electron chi connectivity index (χ1n) is 9.11. The zero-order chi connectivity index (χ0) is 18.7. The van der Waals surface area contributed by atoms with Crippen LogP contribution >= 0.6 is 0 Å². The number of carbonyl (C=O) groups excluding carboxylic acids is 1. The van der Waals surface area contributed by atoms with Crippen LogP contribution in [0, 0.1) is 13.8 Å². The summed E-state index contributed by atoms with van der Waals surface area (Å²) in [7, 11) is 0. The van der Waals surface area contributed by atoms with E-state index in [9.17, 15) is 9.90 Å². The topological polar surface area (TPSA) is 55.8 Å². The van der Waals surface area contributed by atoms with Gasteiger partial charge in [-0.3, -0.25) is 9.69 Å². The molecule has 1 amide bonds. The molecule has 1 aliphatic rings. The van der Waals surface area contributed by atoms with Crippen molar-refractivity contribution in [3.63, 3.8) is 0 Å². The van der Waals surface area contributed by atoms with Crippen molar-refractivity contribution in [1.82, 2.24) is 4.90 Å². The molecule has 1 aliphatic heterocycles. The highest BCUT2D eigenvalue weighted by atomic mass is 16.3. The number of nitrogens with zero attached hydrogens (tertiary/aromatic N) is 2. The molecule has 1 atom stereocenters. The maximum atomic E-state index is 12.7. The number of hydrogen-bond acceptors (Lipinski definition) is 4. The molecule has 138 valence electrons. The van der Waals surface area contributed by atoms with E-state index in [-0.39, 0.29) is 11.9 Å². The third-order valence-corrected chi connectivity index (χ3v) is 5.19. The minimum atomic E-state index is -0.194. The second kappa shape index (κ2) is 7.79. The number of phenols is 1. The first kappa shape index (κ1) is 18.3. The predicted molar refractivity (Wildman–Crippen MR) is 106 cm³/mol. The van der Waals surface area contributed by atoms with E-state index < -0.39 is 0 Å². The second-order valence-corrected chi connectivity index (χ2v) is 6.94. The molecule has 1 saturated heterocycles. The predicted octanol–water partition coefficient (Wildman–Crippen LogP) is 3.16. The zero-order valence-corrected chi connectivity index (χ0v) is 15.7. The van der Waals surface area contributed by atoms with Crippen LogP contribution in [0.15, 0.2) is 42.5 Å². The molecule has 0 aliphatic carbocycles. The minimum absolute atomic E-state index is 0.0263. The lowest BCUT2D eigenvalue weighted by Crippen LogP contribution is -2.52. The molecule has 0 aromatic heterocycles. The van der Waals surface area contributed by atoms with Crippen LogP contribution < -0.4 is 10.2 Å². The van der Waals surface area contributed by atoms with Crippen LogP contribution in [-0.4, -0.2) is 48.1 Å². The van der Waals surface area contributed by atoms with Crippen molar-refractivity contribution in [1.29, 1.82) is 0 Å². The van der Waals surface area contributed by atoms with Gasteiger partial charge in [0, 0.05) is 31.9 Å². The molecule has 0 saturated carbocycles. The SMILES string of the molecule is Cc1cccc(C)c1NC(=O)[C@H](C)N1CCN(c2ccccc2O)CC1. The molecule has 26 heavy (non-hydrogen) atoms. The van der Waals surface area contributed by atoms with Crippen molar-refractivity contribution in [2.24, 2.45) is 0 Å². The standard InChI is InChI=1S/C21H27N3O2/c1-15-7-6-8-16(2)20(15)22-21(26)17(3)23-11-13-24(14-12-23)18-9-4-5-10-19(18)25/h4-10,17,25H,11-14H2,1-3H3,(H,22,26)/t17-/m0/s1. The third-order valence-electron chi connectivity index (χ3n) is 5.19. The van der Waals surface area contributed by atoms with Crippen LogP contribution in [0.25, 0.3) is 0 Å². The van der Waals surface area contributed by atoms with E-state index in [4.69, 9.17) is 0 Å². The Kier molecular flexibility index (Phi) is 5.47. The van der Waals surface area contributed by atoms with Gasteiger partial charge in [0.1, 0.15) is 5.75 Å². The second-order valence-electron chi connectivity index (χ2n) is 6.94. The lowest BCUT2D eigenvalue weighted by Gasteiger charge is -2.38. The quantitative estimate of drug-likeness (QED) is 0.887. The van der Waals surface area contributed by atoms with Crippen molar-refractivity contribution in [3.8, 4) is 5.75 Å². The molecule has 1 heterocycles. The minimum Gasteiger partial charge on any atom is -0.506 e. The Labute approximate surface area is 155 Å². The largest absolute Gasteiger partial charge is 0.506 e. The molecule has 0 bridgehead atoms. The van der Waals surface area contributed by atoms with Gasteiger partial charge in [0.15, 0.2) is 0 Å². The number of nitrogens with one attached hydrogen (secondary N) is 1. The van der Waals surface area contributed by atoms with E-state index in [2.05, 4.69) is 15.1 Å². The van der Waals surface area contributed by atoms with E-state index in [1.165, 1.54) is 0 Å². The maximum absolute atomic E-state index is 12.7. The first-order valence-corrected chi connectivity index (χ1v) is 9.11. The number of carbonyl (C=O) groups is 1. The molecule has 2 aromatic carbocycles. The fraction of sp³-hybridized carbons (Fsp3) is 0.381. The van der Waals surface area contributed by atoms with Gasteiger partial charge < -0.3 is 15.3 Å². The van der Waals surface area contributed by atoms with Crippen molar-refractivity contribution >= 4 is 17.3 Å². The molecular weight excluding hydrogens is 326 g/mol. The van der Waals surface area contributed by atoms with Gasteiger partial charge in [-0.2, -0.15) is 0 Å². The fourth-order valence-corrected chi connectivity index (χ4v) is 3.49. The van der Waals surface area contributed by atoms with Crippen molar-refractivity contribution in [2.45, 2.75) is 26.8 Å². The van der Waals surface area contributed by atoms with E-state index in [0.29, 0.717) is 5.75 Å². The van der Waals surface area contributed by atoms with Gasteiger partial charge >= 0.3 is 0 Å². The van der Waals surface area contributed by atoms with Gasteiger partial charge in [0.25, 0.3) is 0 Å². The zero-order valence-electron chi connectivity index (χ0n) is 15.7. The van der Waals surface area contributed by atoms with Crippen LogP contribution in [0.2, 0.25) is 0 Å². The molecule has 2 aromatic rings. The number of benzene rings is 2. The Balaban J connectivity index is 1.60. The van der Waals surface area contributed by atoms with Gasteiger partial charge in [-0.15, -0.1) is 0 Å². The van der Waals surface area contributed by atoms with Crippen LogP contribution in [-0.2, 0) is 4.79 Å². The molecule has 1 fully saturated rings. The summed E-state index contributed by atoms with van der Waals surface area (Å²) in [5, 5.41) is 13.1. The summed E-state index contributed by atoms with van der Waals surface area (Å²) in [6, 6.07) is 13.2. The van der Waals surface area contributed by atoms with E-state index in [1.54, 1.807) is 6.07 Å². The van der Waals surface area contributed by atoms with Gasteiger partial charge in [-0.1, -0.05) is 30.3 Å². The molecule has 0 unspecified atom stereocenters. The highest BCUT2D eigenvalue weighted by Crippen LogP contribution is 2.27. The molecule has 5 heteroatoms. The number of amides is 1. The maximum Gasteiger partial charge on any atom is 0.241 e. The first-order chi connectivity index (χ1) is 12.5. The Hall–Kier alpha value is -2.53. The van der Waals surface area contributed by atoms with E-state index in [0.717, 1.165) is 48.7 Å².